The van der Waals surface area contributed by atoms with E-state index < -0.39 is 0 Å². The van der Waals surface area contributed by atoms with Gasteiger partial charge in [-0.15, -0.1) is 12.4 Å². The lowest BCUT2D eigenvalue weighted by atomic mass is 10.1. The van der Waals surface area contributed by atoms with Gasteiger partial charge in [0.25, 0.3) is 5.91 Å². The fraction of sp³-hybridized carbons (Fsp3) is 0.412. The zero-order valence-corrected chi connectivity index (χ0v) is 14.3. The van der Waals surface area contributed by atoms with E-state index in [9.17, 15) is 4.79 Å². The third-order valence-electron chi connectivity index (χ3n) is 4.35. The number of hydrogen-bond acceptors (Lipinski definition) is 3. The van der Waals surface area contributed by atoms with Crippen LogP contribution in [0.25, 0.3) is 5.69 Å². The van der Waals surface area contributed by atoms with Crippen LogP contribution in [0.2, 0.25) is 0 Å². The fourth-order valence-corrected chi connectivity index (χ4v) is 3.07. The molecule has 2 heterocycles. The summed E-state index contributed by atoms with van der Waals surface area (Å²) in [4.78, 5) is 14.6. The number of carbonyl (C=O) groups is 1. The highest BCUT2D eigenvalue weighted by Gasteiger charge is 2.31. The van der Waals surface area contributed by atoms with Gasteiger partial charge in [0.1, 0.15) is 0 Å². The molecule has 2 atom stereocenters. The molecule has 0 bridgehead atoms. The molecule has 124 valence electrons. The van der Waals surface area contributed by atoms with Gasteiger partial charge in [-0.3, -0.25) is 4.79 Å². The van der Waals surface area contributed by atoms with Crippen molar-refractivity contribution < 1.29 is 4.79 Å². The minimum atomic E-state index is 0. The summed E-state index contributed by atoms with van der Waals surface area (Å²) < 4.78 is 1.81. The van der Waals surface area contributed by atoms with Crippen molar-refractivity contribution in [1.29, 1.82) is 0 Å². The molecule has 0 aliphatic carbocycles. The number of nitrogens with two attached hydrogens (primary N) is 1. The molecular weight excluding hydrogens is 312 g/mol. The molecule has 1 aliphatic rings. The van der Waals surface area contributed by atoms with E-state index >= 15 is 0 Å². The molecule has 2 aromatic rings. The van der Waals surface area contributed by atoms with Crippen LogP contribution in [0.4, 0.5) is 0 Å². The first-order valence-electron chi connectivity index (χ1n) is 7.71. The highest BCUT2D eigenvalue weighted by atomic mass is 35.5. The number of amides is 1. The highest BCUT2D eigenvalue weighted by molar-refractivity contribution is 5.94. The van der Waals surface area contributed by atoms with Gasteiger partial charge < -0.3 is 10.6 Å². The van der Waals surface area contributed by atoms with Crippen LogP contribution in [-0.2, 0) is 0 Å². The molecule has 2 N–H and O–H groups in total. The van der Waals surface area contributed by atoms with Crippen LogP contribution in [-0.4, -0.2) is 39.7 Å². The molecule has 0 radical (unpaired) electrons. The van der Waals surface area contributed by atoms with Crippen molar-refractivity contribution in [2.45, 2.75) is 26.3 Å². The summed E-state index contributed by atoms with van der Waals surface area (Å²) in [5.74, 6) is 0.511. The molecule has 6 heteroatoms. The van der Waals surface area contributed by atoms with Gasteiger partial charge in [0.2, 0.25) is 0 Å². The number of benzene rings is 1. The first kappa shape index (κ1) is 17.5. The van der Waals surface area contributed by atoms with Crippen molar-refractivity contribution in [2.75, 3.05) is 13.1 Å². The van der Waals surface area contributed by atoms with E-state index in [1.165, 1.54) is 0 Å². The van der Waals surface area contributed by atoms with Crippen molar-refractivity contribution >= 4 is 18.3 Å². The molecule has 0 spiro atoms. The van der Waals surface area contributed by atoms with Gasteiger partial charge in [-0.2, -0.15) is 5.10 Å². The summed E-state index contributed by atoms with van der Waals surface area (Å²) in [5, 5.41) is 4.28. The summed E-state index contributed by atoms with van der Waals surface area (Å²) in [6, 6.07) is 7.87. The Hall–Kier alpha value is -1.85. The average molecular weight is 335 g/mol. The van der Waals surface area contributed by atoms with Crippen molar-refractivity contribution in [3.63, 3.8) is 0 Å². The van der Waals surface area contributed by atoms with Gasteiger partial charge in [0, 0.05) is 24.3 Å². The number of aryl methyl sites for hydroxylation is 1. The highest BCUT2D eigenvalue weighted by Crippen LogP contribution is 2.24. The Labute approximate surface area is 142 Å². The number of halogens is 1. The second-order valence-electron chi connectivity index (χ2n) is 6.15. The molecule has 23 heavy (non-hydrogen) atoms. The summed E-state index contributed by atoms with van der Waals surface area (Å²) >= 11 is 0. The molecule has 3 rings (SSSR count). The Kier molecular flexibility index (Phi) is 5.44. The summed E-state index contributed by atoms with van der Waals surface area (Å²) in [6.45, 7) is 5.50. The maximum absolute atomic E-state index is 12.6. The third kappa shape index (κ3) is 3.57. The van der Waals surface area contributed by atoms with Crippen molar-refractivity contribution in [3.05, 3.63) is 47.8 Å². The van der Waals surface area contributed by atoms with Gasteiger partial charge in [-0.1, -0.05) is 0 Å². The monoisotopic (exact) mass is 334 g/mol. The minimum absolute atomic E-state index is 0. The Morgan fingerprint density at radius 1 is 1.35 bits per heavy atom. The average Bonchev–Trinajstić information content (AvgIpc) is 3.12. The van der Waals surface area contributed by atoms with Gasteiger partial charge in [0.15, 0.2) is 0 Å². The quantitative estimate of drug-likeness (QED) is 0.937. The van der Waals surface area contributed by atoms with Gasteiger partial charge in [-0.25, -0.2) is 4.68 Å². The van der Waals surface area contributed by atoms with Gasteiger partial charge >= 0.3 is 0 Å². The molecule has 1 aliphatic heterocycles. The van der Waals surface area contributed by atoms with Gasteiger partial charge in [-0.05, 0) is 62.6 Å². The smallest absolute Gasteiger partial charge is 0.254 e. The lowest BCUT2D eigenvalue weighted by Gasteiger charge is -2.21. The van der Waals surface area contributed by atoms with Crippen LogP contribution in [0.3, 0.4) is 0 Å². The van der Waals surface area contributed by atoms with Crippen molar-refractivity contribution in [2.24, 2.45) is 11.7 Å². The summed E-state index contributed by atoms with van der Waals surface area (Å²) in [7, 11) is 0. The van der Waals surface area contributed by atoms with E-state index in [1.807, 2.05) is 53.2 Å². The Morgan fingerprint density at radius 3 is 2.57 bits per heavy atom. The molecule has 1 amide bonds. The minimum Gasteiger partial charge on any atom is -0.336 e. The van der Waals surface area contributed by atoms with E-state index in [0.717, 1.165) is 29.8 Å². The van der Waals surface area contributed by atoms with E-state index in [4.69, 9.17) is 5.73 Å². The Bertz CT molecular complexity index is 667. The third-order valence-corrected chi connectivity index (χ3v) is 4.35. The first-order valence-corrected chi connectivity index (χ1v) is 7.71. The van der Waals surface area contributed by atoms with Crippen LogP contribution in [0.15, 0.2) is 36.7 Å². The molecular formula is C17H23ClN4O. The Balaban J connectivity index is 0.00000192. The second-order valence-corrected chi connectivity index (χ2v) is 6.15. The normalized spacial score (nSPS) is 20.4. The number of carbonyl (C=O) groups excluding carboxylic acids is 1. The molecule has 2 unspecified atom stereocenters. The predicted octanol–water partition coefficient (Wildman–Crippen LogP) is 2.41. The standard InChI is InChI=1S/C17H22N4O.ClH/c1-12-9-19-21(10-12)16-5-3-15(4-6-16)17(22)20-11-14(8-18)7-13(20)2;/h3-6,9-10,13-14H,7-8,11,18H2,1-2H3;1H. The Morgan fingerprint density at radius 2 is 2.04 bits per heavy atom. The summed E-state index contributed by atoms with van der Waals surface area (Å²) in [6.07, 6.45) is 4.77. The molecule has 1 aromatic carbocycles. The lowest BCUT2D eigenvalue weighted by Crippen LogP contribution is -2.34. The molecule has 0 saturated carbocycles. The van der Waals surface area contributed by atoms with Crippen LogP contribution >= 0.6 is 12.4 Å². The number of likely N-dealkylation sites (tertiary alicyclic amines) is 1. The lowest BCUT2D eigenvalue weighted by molar-refractivity contribution is 0.0743. The number of nitrogens with zero attached hydrogens (tertiary/aromatic N) is 3. The van der Waals surface area contributed by atoms with Crippen molar-refractivity contribution in [1.82, 2.24) is 14.7 Å². The van der Waals surface area contributed by atoms with E-state index in [2.05, 4.69) is 12.0 Å². The number of aromatic nitrogens is 2. The van der Waals surface area contributed by atoms with E-state index in [0.29, 0.717) is 12.5 Å². The topological polar surface area (TPSA) is 64.2 Å². The molecule has 1 saturated heterocycles. The number of hydrogen-bond donors (Lipinski definition) is 1. The SMILES string of the molecule is Cc1cnn(-c2ccc(C(=O)N3CC(CN)CC3C)cc2)c1.Cl. The maximum atomic E-state index is 12.6. The maximum Gasteiger partial charge on any atom is 0.254 e. The van der Waals surface area contributed by atoms with Crippen LogP contribution in [0, 0.1) is 12.8 Å². The first-order chi connectivity index (χ1) is 10.6. The zero-order valence-electron chi connectivity index (χ0n) is 13.5. The predicted molar refractivity (Wildman–Crippen MR) is 93.2 cm³/mol. The zero-order chi connectivity index (χ0) is 15.7. The van der Waals surface area contributed by atoms with Crippen LogP contribution < -0.4 is 5.73 Å². The van der Waals surface area contributed by atoms with Crippen molar-refractivity contribution in [3.8, 4) is 5.69 Å². The van der Waals surface area contributed by atoms with Gasteiger partial charge in [0.05, 0.1) is 11.9 Å². The second kappa shape index (κ2) is 7.15. The van der Waals surface area contributed by atoms with Crippen LogP contribution in [0.5, 0.6) is 0 Å². The molecule has 5 nitrogen and oxygen atoms in total. The number of rotatable bonds is 3. The molecule has 1 aromatic heterocycles. The summed E-state index contributed by atoms with van der Waals surface area (Å²) in [5.41, 5.74) is 8.52. The molecule has 1 fully saturated rings. The largest absolute Gasteiger partial charge is 0.336 e. The fourth-order valence-electron chi connectivity index (χ4n) is 3.07. The van der Waals surface area contributed by atoms with E-state index in [-0.39, 0.29) is 24.4 Å². The van der Waals surface area contributed by atoms with Crippen LogP contribution in [0.1, 0.15) is 29.3 Å². The van der Waals surface area contributed by atoms with E-state index in [1.54, 1.807) is 0 Å².